The topological polar surface area (TPSA) is 46.6 Å². The summed E-state index contributed by atoms with van der Waals surface area (Å²) in [5, 5.41) is 0. The Bertz CT molecular complexity index is 588. The lowest BCUT2D eigenvalue weighted by Gasteiger charge is -2.33. The van der Waals surface area contributed by atoms with Crippen LogP contribution >= 0.6 is 11.6 Å². The average Bonchev–Trinajstić information content (AvgIpc) is 2.37. The van der Waals surface area contributed by atoms with Crippen LogP contribution in [-0.2, 0) is 14.8 Å². The monoisotopic (exact) mass is 329 g/mol. The molecule has 9 heteroatoms. The van der Waals surface area contributed by atoms with Gasteiger partial charge < -0.3 is 4.74 Å². The highest BCUT2D eigenvalue weighted by Gasteiger charge is 2.37. The number of alkyl halides is 1. The molecule has 1 aliphatic heterocycles. The van der Waals surface area contributed by atoms with Gasteiger partial charge in [0.25, 0.3) is 0 Å². The molecular formula is C11H11ClF3NO3S. The number of morpholine rings is 1. The molecule has 1 aromatic rings. The Morgan fingerprint density at radius 3 is 2.45 bits per heavy atom. The fourth-order valence-electron chi connectivity index (χ4n) is 1.97. The lowest BCUT2D eigenvalue weighted by Crippen LogP contribution is -2.49. The number of sulfonamides is 1. The highest BCUT2D eigenvalue weighted by molar-refractivity contribution is 7.89. The molecule has 1 heterocycles. The molecule has 1 fully saturated rings. The second-order valence-corrected chi connectivity index (χ2v) is 6.33. The lowest BCUT2D eigenvalue weighted by atomic mass is 10.3. The van der Waals surface area contributed by atoms with E-state index in [0.29, 0.717) is 12.1 Å². The highest BCUT2D eigenvalue weighted by atomic mass is 35.5. The van der Waals surface area contributed by atoms with Gasteiger partial charge in [-0.3, -0.25) is 0 Å². The first-order valence-electron chi connectivity index (χ1n) is 5.68. The first-order valence-corrected chi connectivity index (χ1v) is 7.65. The quantitative estimate of drug-likeness (QED) is 0.794. The Labute approximate surface area is 119 Å². The van der Waals surface area contributed by atoms with Crippen molar-refractivity contribution in [2.45, 2.75) is 10.9 Å². The van der Waals surface area contributed by atoms with Gasteiger partial charge in [0.1, 0.15) is 17.5 Å². The standard InChI is InChI=1S/C11H11ClF3NO3S/c12-5-8-6-19-2-1-16(8)20(17,18)11-9(14)3-7(13)4-10(11)15/h3-4,8H,1-2,5-6H2. The maximum atomic E-state index is 13.6. The summed E-state index contributed by atoms with van der Waals surface area (Å²) in [6, 6.07) is -0.0719. The van der Waals surface area contributed by atoms with Crippen LogP contribution in [0.2, 0.25) is 0 Å². The van der Waals surface area contributed by atoms with E-state index >= 15 is 0 Å². The van der Waals surface area contributed by atoms with E-state index in [1.54, 1.807) is 0 Å². The molecule has 1 saturated heterocycles. The van der Waals surface area contributed by atoms with E-state index in [4.69, 9.17) is 16.3 Å². The molecule has 0 bridgehead atoms. The molecule has 2 rings (SSSR count). The van der Waals surface area contributed by atoms with Crippen molar-refractivity contribution in [3.8, 4) is 0 Å². The molecule has 0 N–H and O–H groups in total. The van der Waals surface area contributed by atoms with Crippen molar-refractivity contribution in [1.29, 1.82) is 0 Å². The van der Waals surface area contributed by atoms with Crippen molar-refractivity contribution in [3.05, 3.63) is 29.6 Å². The number of benzene rings is 1. The predicted octanol–water partition coefficient (Wildman–Crippen LogP) is 1.73. The number of hydrogen-bond donors (Lipinski definition) is 0. The molecule has 0 spiro atoms. The molecule has 0 saturated carbocycles. The molecule has 1 unspecified atom stereocenters. The Balaban J connectivity index is 2.49. The summed E-state index contributed by atoms with van der Waals surface area (Å²) in [5.41, 5.74) is 0. The van der Waals surface area contributed by atoms with E-state index in [1.165, 1.54) is 0 Å². The Morgan fingerprint density at radius 2 is 1.90 bits per heavy atom. The van der Waals surface area contributed by atoms with Crippen LogP contribution in [0.25, 0.3) is 0 Å². The first kappa shape index (κ1) is 15.6. The lowest BCUT2D eigenvalue weighted by molar-refractivity contribution is 0.0402. The SMILES string of the molecule is O=S(=O)(c1c(F)cc(F)cc1F)N1CCOCC1CCl. The third-order valence-electron chi connectivity index (χ3n) is 2.88. The van der Waals surface area contributed by atoms with Gasteiger partial charge in [0.05, 0.1) is 19.3 Å². The third-order valence-corrected chi connectivity index (χ3v) is 5.24. The minimum Gasteiger partial charge on any atom is -0.378 e. The van der Waals surface area contributed by atoms with E-state index in [1.807, 2.05) is 0 Å². The fourth-order valence-corrected chi connectivity index (χ4v) is 4.00. The van der Waals surface area contributed by atoms with Crippen LogP contribution in [0, 0.1) is 17.5 Å². The smallest absolute Gasteiger partial charge is 0.249 e. The second-order valence-electron chi connectivity index (χ2n) is 4.20. The minimum atomic E-state index is -4.45. The maximum Gasteiger partial charge on any atom is 0.249 e. The summed E-state index contributed by atoms with van der Waals surface area (Å²) < 4.78 is 70.7. The van der Waals surface area contributed by atoms with Gasteiger partial charge in [-0.05, 0) is 0 Å². The van der Waals surface area contributed by atoms with Crippen LogP contribution in [0.1, 0.15) is 0 Å². The van der Waals surface area contributed by atoms with Crippen molar-refractivity contribution in [2.24, 2.45) is 0 Å². The van der Waals surface area contributed by atoms with Crippen LogP contribution in [0.15, 0.2) is 17.0 Å². The molecule has 1 aliphatic rings. The second kappa shape index (κ2) is 5.88. The largest absolute Gasteiger partial charge is 0.378 e. The van der Waals surface area contributed by atoms with Crippen LogP contribution in [-0.4, -0.2) is 44.4 Å². The van der Waals surface area contributed by atoms with Crippen molar-refractivity contribution < 1.29 is 26.3 Å². The average molecular weight is 330 g/mol. The number of hydrogen-bond acceptors (Lipinski definition) is 3. The molecule has 0 radical (unpaired) electrons. The zero-order chi connectivity index (χ0) is 14.9. The summed E-state index contributed by atoms with van der Waals surface area (Å²) >= 11 is 5.64. The predicted molar refractivity (Wildman–Crippen MR) is 65.5 cm³/mol. The van der Waals surface area contributed by atoms with Gasteiger partial charge in [-0.25, -0.2) is 21.6 Å². The van der Waals surface area contributed by atoms with Gasteiger partial charge in [0, 0.05) is 24.6 Å². The molecular weight excluding hydrogens is 319 g/mol. The number of halogens is 4. The van der Waals surface area contributed by atoms with Gasteiger partial charge in [-0.2, -0.15) is 4.31 Å². The summed E-state index contributed by atoms with van der Waals surface area (Å²) in [6.07, 6.45) is 0. The Morgan fingerprint density at radius 1 is 1.30 bits per heavy atom. The Kier molecular flexibility index (Phi) is 4.58. The third kappa shape index (κ3) is 2.78. The molecule has 0 amide bonds. The van der Waals surface area contributed by atoms with E-state index in [0.717, 1.165) is 4.31 Å². The molecule has 0 aliphatic carbocycles. The van der Waals surface area contributed by atoms with Crippen molar-refractivity contribution in [1.82, 2.24) is 4.31 Å². The molecule has 1 aromatic carbocycles. The van der Waals surface area contributed by atoms with Gasteiger partial charge in [-0.1, -0.05) is 0 Å². The number of rotatable bonds is 3. The fraction of sp³-hybridized carbons (Fsp3) is 0.455. The Hall–Kier alpha value is -0.830. The summed E-state index contributed by atoms with van der Waals surface area (Å²) in [4.78, 5) is -1.17. The van der Waals surface area contributed by atoms with Gasteiger partial charge in [0.15, 0.2) is 4.90 Å². The van der Waals surface area contributed by atoms with Crippen LogP contribution in [0.4, 0.5) is 13.2 Å². The molecule has 1 atom stereocenters. The zero-order valence-electron chi connectivity index (χ0n) is 10.2. The van der Waals surface area contributed by atoms with E-state index in [-0.39, 0.29) is 25.6 Å². The van der Waals surface area contributed by atoms with E-state index in [2.05, 4.69) is 0 Å². The van der Waals surface area contributed by atoms with Crippen molar-refractivity contribution in [2.75, 3.05) is 25.6 Å². The number of ether oxygens (including phenoxy) is 1. The minimum absolute atomic E-state index is 0.0349. The van der Waals surface area contributed by atoms with Gasteiger partial charge in [-0.15, -0.1) is 11.6 Å². The van der Waals surface area contributed by atoms with Crippen LogP contribution in [0.3, 0.4) is 0 Å². The molecule has 4 nitrogen and oxygen atoms in total. The molecule has 112 valence electrons. The number of nitrogens with zero attached hydrogens (tertiary/aromatic N) is 1. The molecule has 0 aromatic heterocycles. The summed E-state index contributed by atoms with van der Waals surface area (Å²) in [7, 11) is -4.45. The zero-order valence-corrected chi connectivity index (χ0v) is 11.7. The van der Waals surface area contributed by atoms with Gasteiger partial charge in [0.2, 0.25) is 10.0 Å². The summed E-state index contributed by atoms with van der Waals surface area (Å²) in [6.45, 7) is 0.0557. The highest BCUT2D eigenvalue weighted by Crippen LogP contribution is 2.26. The van der Waals surface area contributed by atoms with Crippen molar-refractivity contribution >= 4 is 21.6 Å². The normalized spacial score (nSPS) is 21.1. The van der Waals surface area contributed by atoms with E-state index in [9.17, 15) is 21.6 Å². The molecule has 20 heavy (non-hydrogen) atoms. The van der Waals surface area contributed by atoms with Crippen LogP contribution in [0.5, 0.6) is 0 Å². The summed E-state index contributed by atoms with van der Waals surface area (Å²) in [5.74, 6) is -4.21. The van der Waals surface area contributed by atoms with Crippen LogP contribution < -0.4 is 0 Å². The van der Waals surface area contributed by atoms with Crippen molar-refractivity contribution in [3.63, 3.8) is 0 Å². The first-order chi connectivity index (χ1) is 9.37. The van der Waals surface area contributed by atoms with Gasteiger partial charge >= 0.3 is 0 Å². The van der Waals surface area contributed by atoms with E-state index < -0.39 is 38.4 Å². The maximum absolute atomic E-state index is 13.6.